The molecule has 2 aromatic heterocycles. The summed E-state index contributed by atoms with van der Waals surface area (Å²) in [4.78, 5) is 26.8. The van der Waals surface area contributed by atoms with Gasteiger partial charge in [0.1, 0.15) is 0 Å². The maximum atomic E-state index is 14.1. The fourth-order valence-electron chi connectivity index (χ4n) is 2.30. The Kier molecular flexibility index (Phi) is 6.44. The van der Waals surface area contributed by atoms with Gasteiger partial charge < -0.3 is 5.32 Å². The molecule has 10 heteroatoms. The molecule has 3 aromatic rings. The molecule has 0 unspecified atom stereocenters. The van der Waals surface area contributed by atoms with Gasteiger partial charge in [-0.25, -0.2) is 0 Å². The van der Waals surface area contributed by atoms with Gasteiger partial charge in [0.25, 0.3) is 0 Å². The van der Waals surface area contributed by atoms with Gasteiger partial charge in [0.05, 0.1) is 0 Å². The number of carbonyl (C=O) groups excluding carboxylic acids is 2. The number of hydrogen-bond donors (Lipinski definition) is 4. The van der Waals surface area contributed by atoms with E-state index in [2.05, 4.69) is 31.1 Å². The van der Waals surface area contributed by atoms with Gasteiger partial charge in [0, 0.05) is 6.20 Å². The van der Waals surface area contributed by atoms with Crippen LogP contribution in [0.2, 0.25) is 0 Å². The molecule has 3 amide bonds. The Labute approximate surface area is 174 Å². The van der Waals surface area contributed by atoms with Gasteiger partial charge in [-0.05, 0) is 6.07 Å². The van der Waals surface area contributed by atoms with Crippen molar-refractivity contribution in [2.75, 3.05) is 16.0 Å². The van der Waals surface area contributed by atoms with Crippen LogP contribution in [-0.2, 0) is 4.79 Å². The molecule has 4 N–H and O–H groups in total. The first-order valence-corrected chi connectivity index (χ1v) is 9.42. The van der Waals surface area contributed by atoms with Gasteiger partial charge in [-0.15, -0.1) is 0 Å². The zero-order valence-electron chi connectivity index (χ0n) is 14.2. The summed E-state index contributed by atoms with van der Waals surface area (Å²) in [5, 5.41) is 14.2. The number of halogens is 1. The molecule has 0 aliphatic carbocycles. The number of hydrogen-bond acceptors (Lipinski definition) is 4. The average Bonchev–Trinajstić information content (AvgIpc) is 3.08. The molecule has 0 saturated heterocycles. The average molecular weight is 575 g/mol. The van der Waals surface area contributed by atoms with E-state index in [0.717, 1.165) is 3.40 Å². The summed E-state index contributed by atoms with van der Waals surface area (Å²) in [6.45, 7) is 0. The SMILES string of the molecule is O=CNc1ccncc1/C=C/c1ccc(F)c(NC(=O)Nc2cn[nH]c2[At])c1. The van der Waals surface area contributed by atoms with Crippen LogP contribution in [-0.4, -0.2) is 27.6 Å². The van der Waals surface area contributed by atoms with Crippen molar-refractivity contribution in [1.82, 2.24) is 15.2 Å². The van der Waals surface area contributed by atoms with E-state index in [4.69, 9.17) is 0 Å². The molecule has 0 aliphatic heterocycles. The maximum absolute atomic E-state index is 14.1. The molecule has 0 spiro atoms. The van der Waals surface area contributed by atoms with Crippen molar-refractivity contribution >= 4 is 45.1 Å². The van der Waals surface area contributed by atoms with Crippen LogP contribution in [0.3, 0.4) is 0 Å². The molecule has 28 heavy (non-hydrogen) atoms. The molecule has 3 rings (SSSR count). The van der Waals surface area contributed by atoms with Crippen LogP contribution in [0.4, 0.5) is 26.2 Å². The van der Waals surface area contributed by atoms with Crippen LogP contribution in [0, 0.1) is 30.5 Å². The Hall–Kier alpha value is -3.13. The summed E-state index contributed by atoms with van der Waals surface area (Å²) in [6, 6.07) is 5.41. The molecule has 142 valence electrons. The van der Waals surface area contributed by atoms with Crippen molar-refractivity contribution in [2.24, 2.45) is 0 Å². The number of carbonyl (C=O) groups is 2. The predicted octanol–water partition coefficient (Wildman–Crippen LogP) is 2.50. The number of aromatic amines is 1. The monoisotopic (exact) mass is 575 g/mol. The number of pyridine rings is 1. The van der Waals surface area contributed by atoms with Gasteiger partial charge in [0.15, 0.2) is 0 Å². The Morgan fingerprint density at radius 1 is 1.11 bits per heavy atom. The van der Waals surface area contributed by atoms with E-state index in [1.54, 1.807) is 36.7 Å². The number of anilines is 3. The number of nitrogens with zero attached hydrogens (tertiary/aromatic N) is 2. The van der Waals surface area contributed by atoms with Crippen LogP contribution >= 0.6 is 0 Å². The number of rotatable bonds is 6. The Bertz CT molecular complexity index is 1040. The number of benzene rings is 1. The van der Waals surface area contributed by atoms with E-state index >= 15 is 0 Å². The van der Waals surface area contributed by atoms with Crippen molar-refractivity contribution in [3.63, 3.8) is 0 Å². The summed E-state index contributed by atoms with van der Waals surface area (Å²) in [5.41, 5.74) is 2.49. The van der Waals surface area contributed by atoms with E-state index in [-0.39, 0.29) is 5.69 Å². The molecule has 0 aliphatic rings. The van der Waals surface area contributed by atoms with Crippen molar-refractivity contribution in [3.8, 4) is 0 Å². The molecule has 0 radical (unpaired) electrons. The van der Waals surface area contributed by atoms with E-state index in [1.165, 1.54) is 43.0 Å². The van der Waals surface area contributed by atoms with Crippen LogP contribution < -0.4 is 19.4 Å². The summed E-state index contributed by atoms with van der Waals surface area (Å²) in [6.07, 6.45) is 8.65. The molecule has 1 aromatic carbocycles. The van der Waals surface area contributed by atoms with E-state index in [0.29, 0.717) is 28.9 Å². The topological polar surface area (TPSA) is 112 Å². The molecule has 0 saturated carbocycles. The minimum atomic E-state index is -0.580. The van der Waals surface area contributed by atoms with Crippen LogP contribution in [0.15, 0.2) is 42.9 Å². The number of amides is 3. The second-order valence-electron chi connectivity index (χ2n) is 5.47. The third kappa shape index (κ3) is 4.98. The first-order chi connectivity index (χ1) is 13.6. The quantitative estimate of drug-likeness (QED) is 0.339. The zero-order chi connectivity index (χ0) is 19.9. The summed E-state index contributed by atoms with van der Waals surface area (Å²) < 4.78 is 14.8. The zero-order valence-corrected chi connectivity index (χ0v) is 17.2. The number of aromatic nitrogens is 3. The first-order valence-electron chi connectivity index (χ1n) is 7.95. The molecule has 0 fully saturated rings. The number of H-pyrrole nitrogens is 1. The Morgan fingerprint density at radius 2 is 1.93 bits per heavy atom. The van der Waals surface area contributed by atoms with E-state index in [9.17, 15) is 14.0 Å². The van der Waals surface area contributed by atoms with E-state index in [1.807, 2.05) is 0 Å². The summed E-state index contributed by atoms with van der Waals surface area (Å²) >= 11 is 1.32. The van der Waals surface area contributed by atoms with Crippen LogP contribution in [0.1, 0.15) is 11.1 Å². The fraction of sp³-hybridized carbons (Fsp3) is 0. The van der Waals surface area contributed by atoms with Crippen molar-refractivity contribution in [2.45, 2.75) is 0 Å². The predicted molar refractivity (Wildman–Crippen MR) is 100 cm³/mol. The second-order valence-corrected chi connectivity index (χ2v) is 6.94. The second kappa shape index (κ2) is 9.19. The van der Waals surface area contributed by atoms with Gasteiger partial charge >= 0.3 is 141 Å². The third-order valence-corrected chi connectivity index (χ3v) is 4.72. The standard InChI is InChI=1S/C18H14AtFN6O2/c19-17-16(9-23-26-17)25-18(28)24-15-7-11(2-4-13(15)20)1-3-12-8-21-6-5-14(12)22-10-27/h1-10H,(H,23,26)(H,21,22,27)(H2,24,25,28)/b3-1+. The van der Waals surface area contributed by atoms with Crippen molar-refractivity contribution < 1.29 is 38.7 Å². The van der Waals surface area contributed by atoms with Gasteiger partial charge in [0.2, 0.25) is 6.41 Å². The van der Waals surface area contributed by atoms with Gasteiger partial charge in [-0.1, -0.05) is 0 Å². The molecule has 2 heterocycles. The van der Waals surface area contributed by atoms with Crippen molar-refractivity contribution in [1.29, 1.82) is 0 Å². The fourth-order valence-corrected chi connectivity index (χ4v) is 2.86. The summed E-state index contributed by atoms with van der Waals surface area (Å²) in [7, 11) is 0. The summed E-state index contributed by atoms with van der Waals surface area (Å²) in [5.74, 6) is -0.565. The third-order valence-electron chi connectivity index (χ3n) is 3.60. The van der Waals surface area contributed by atoms with Gasteiger partial charge in [-0.2, -0.15) is 0 Å². The molecule has 0 atom stereocenters. The van der Waals surface area contributed by atoms with Crippen molar-refractivity contribution in [3.05, 3.63) is 59.8 Å². The van der Waals surface area contributed by atoms with Crippen LogP contribution in [0.5, 0.6) is 0 Å². The molecular weight excluding hydrogens is 561 g/mol. The molecular formula is C18H14AtFN6O2. The molecule has 8 nitrogen and oxygen atoms in total. The van der Waals surface area contributed by atoms with Crippen LogP contribution in [0.25, 0.3) is 12.2 Å². The normalized spacial score (nSPS) is 10.6. The number of urea groups is 1. The Balaban J connectivity index is 1.75. The van der Waals surface area contributed by atoms with Gasteiger partial charge in [-0.3, -0.25) is 9.78 Å². The Morgan fingerprint density at radius 3 is 2.68 bits per heavy atom. The minimum absolute atomic E-state index is 0.0307. The first kappa shape index (κ1) is 19.6. The van der Waals surface area contributed by atoms with E-state index < -0.39 is 11.8 Å². The molecule has 0 bridgehead atoms. The number of nitrogens with one attached hydrogen (secondary N) is 4.